The van der Waals surface area contributed by atoms with Gasteiger partial charge in [0.15, 0.2) is 0 Å². The number of hydrogen-bond acceptors (Lipinski definition) is 5. The number of esters is 1. The van der Waals surface area contributed by atoms with Gasteiger partial charge in [-0.15, -0.1) is 0 Å². The van der Waals surface area contributed by atoms with Gasteiger partial charge in [0.25, 0.3) is 5.91 Å². The van der Waals surface area contributed by atoms with Gasteiger partial charge in [0, 0.05) is 24.7 Å². The highest BCUT2D eigenvalue weighted by molar-refractivity contribution is 5.98. The zero-order valence-corrected chi connectivity index (χ0v) is 15.7. The molecule has 0 aliphatic carbocycles. The Morgan fingerprint density at radius 3 is 2.31 bits per heavy atom. The smallest absolute Gasteiger partial charge is 0.410 e. The molecule has 1 heterocycles. The van der Waals surface area contributed by atoms with Gasteiger partial charge < -0.3 is 19.7 Å². The van der Waals surface area contributed by atoms with Crippen LogP contribution >= 0.6 is 0 Å². The number of nitrogens with one attached hydrogen (secondary N) is 1. The van der Waals surface area contributed by atoms with Crippen LogP contribution in [0.1, 0.15) is 54.3 Å². The van der Waals surface area contributed by atoms with Gasteiger partial charge in [-0.25, -0.2) is 9.59 Å². The maximum atomic E-state index is 12.4. The highest BCUT2D eigenvalue weighted by Crippen LogP contribution is 2.16. The Morgan fingerprint density at radius 2 is 1.73 bits per heavy atom. The van der Waals surface area contributed by atoms with E-state index in [0.717, 1.165) is 0 Å². The highest BCUT2D eigenvalue weighted by atomic mass is 16.6. The van der Waals surface area contributed by atoms with E-state index in [1.807, 2.05) is 20.8 Å². The predicted octanol–water partition coefficient (Wildman–Crippen LogP) is 2.60. The van der Waals surface area contributed by atoms with E-state index in [4.69, 9.17) is 4.74 Å². The molecule has 0 saturated carbocycles. The Balaban J connectivity index is 1.88. The van der Waals surface area contributed by atoms with Crippen LogP contribution < -0.4 is 5.32 Å². The summed E-state index contributed by atoms with van der Waals surface area (Å²) < 4.78 is 10.0. The summed E-state index contributed by atoms with van der Waals surface area (Å²) in [4.78, 5) is 37.7. The molecular formula is C19H26N2O5. The summed E-state index contributed by atoms with van der Waals surface area (Å²) >= 11 is 0. The van der Waals surface area contributed by atoms with Gasteiger partial charge in [-0.1, -0.05) is 6.07 Å². The van der Waals surface area contributed by atoms with Crippen LogP contribution in [0.5, 0.6) is 0 Å². The molecule has 1 saturated heterocycles. The molecular weight excluding hydrogens is 336 g/mol. The first-order chi connectivity index (χ1) is 12.2. The van der Waals surface area contributed by atoms with E-state index in [2.05, 4.69) is 10.1 Å². The van der Waals surface area contributed by atoms with Crippen LogP contribution in [0.2, 0.25) is 0 Å². The van der Waals surface area contributed by atoms with E-state index in [1.165, 1.54) is 13.2 Å². The van der Waals surface area contributed by atoms with E-state index in [1.54, 1.807) is 23.1 Å². The molecule has 0 radical (unpaired) electrons. The standard InChI is InChI=1S/C19H26N2O5/c1-19(2,3)26-18(24)21-10-8-15(9-11-21)20-16(22)13-6-5-7-14(12-13)17(23)25-4/h5-7,12,15H,8-11H2,1-4H3,(H,20,22). The molecule has 0 spiro atoms. The number of amides is 2. The fraction of sp³-hybridized carbons (Fsp3) is 0.526. The second-order valence-corrected chi connectivity index (χ2v) is 7.29. The van der Waals surface area contributed by atoms with Crippen molar-refractivity contribution in [2.75, 3.05) is 20.2 Å². The summed E-state index contributed by atoms with van der Waals surface area (Å²) in [5.74, 6) is -0.725. The van der Waals surface area contributed by atoms with Crippen LogP contribution in [0.4, 0.5) is 4.79 Å². The lowest BCUT2D eigenvalue weighted by atomic mass is 10.0. The quantitative estimate of drug-likeness (QED) is 0.836. The lowest BCUT2D eigenvalue weighted by molar-refractivity contribution is 0.0199. The van der Waals surface area contributed by atoms with Crippen molar-refractivity contribution in [3.63, 3.8) is 0 Å². The van der Waals surface area contributed by atoms with Gasteiger partial charge in [0.05, 0.1) is 12.7 Å². The van der Waals surface area contributed by atoms with Crippen LogP contribution in [0, 0.1) is 0 Å². The number of ether oxygens (including phenoxy) is 2. The van der Waals surface area contributed by atoms with Crippen molar-refractivity contribution in [2.24, 2.45) is 0 Å². The molecule has 2 amide bonds. The molecule has 1 N–H and O–H groups in total. The molecule has 0 unspecified atom stereocenters. The molecule has 2 rings (SSSR count). The summed E-state index contributed by atoms with van der Waals surface area (Å²) in [7, 11) is 1.30. The second-order valence-electron chi connectivity index (χ2n) is 7.29. The third kappa shape index (κ3) is 5.47. The van der Waals surface area contributed by atoms with E-state index in [9.17, 15) is 14.4 Å². The van der Waals surface area contributed by atoms with Crippen molar-refractivity contribution in [2.45, 2.75) is 45.3 Å². The molecule has 1 fully saturated rings. The number of carbonyl (C=O) groups excluding carboxylic acids is 3. The van der Waals surface area contributed by atoms with E-state index in [0.29, 0.717) is 37.1 Å². The molecule has 1 aromatic carbocycles. The third-order valence-electron chi connectivity index (χ3n) is 4.03. The Labute approximate surface area is 153 Å². The first-order valence-electron chi connectivity index (χ1n) is 8.67. The summed E-state index contributed by atoms with van der Waals surface area (Å²) in [5, 5.41) is 2.96. The van der Waals surface area contributed by atoms with Gasteiger partial charge in [-0.2, -0.15) is 0 Å². The molecule has 7 nitrogen and oxygen atoms in total. The molecule has 142 valence electrons. The minimum Gasteiger partial charge on any atom is -0.465 e. The number of benzene rings is 1. The van der Waals surface area contributed by atoms with E-state index in [-0.39, 0.29) is 18.0 Å². The number of nitrogens with zero attached hydrogens (tertiary/aromatic N) is 1. The van der Waals surface area contributed by atoms with Gasteiger partial charge in [-0.3, -0.25) is 4.79 Å². The van der Waals surface area contributed by atoms with Crippen molar-refractivity contribution in [3.8, 4) is 0 Å². The van der Waals surface area contributed by atoms with Crippen molar-refractivity contribution in [1.29, 1.82) is 0 Å². The van der Waals surface area contributed by atoms with Crippen LogP contribution in [0.3, 0.4) is 0 Å². The number of likely N-dealkylation sites (tertiary alicyclic amines) is 1. The molecule has 1 aromatic rings. The summed E-state index contributed by atoms with van der Waals surface area (Å²) in [6, 6.07) is 6.38. The average molecular weight is 362 g/mol. The maximum Gasteiger partial charge on any atom is 0.410 e. The van der Waals surface area contributed by atoms with Crippen molar-refractivity contribution < 1.29 is 23.9 Å². The highest BCUT2D eigenvalue weighted by Gasteiger charge is 2.27. The number of hydrogen-bond donors (Lipinski definition) is 1. The molecule has 1 aliphatic heterocycles. The monoisotopic (exact) mass is 362 g/mol. The lowest BCUT2D eigenvalue weighted by Gasteiger charge is -2.33. The zero-order chi connectivity index (χ0) is 19.3. The summed E-state index contributed by atoms with van der Waals surface area (Å²) in [6.45, 7) is 6.56. The normalized spacial score (nSPS) is 15.3. The Kier molecular flexibility index (Phi) is 6.23. The number of carbonyl (C=O) groups is 3. The van der Waals surface area contributed by atoms with E-state index < -0.39 is 11.6 Å². The SMILES string of the molecule is COC(=O)c1cccc(C(=O)NC2CCN(C(=O)OC(C)(C)C)CC2)c1. The molecule has 0 aromatic heterocycles. The molecule has 1 aliphatic rings. The van der Waals surface area contributed by atoms with Gasteiger partial charge >= 0.3 is 12.1 Å². The number of methoxy groups -OCH3 is 1. The number of rotatable bonds is 3. The van der Waals surface area contributed by atoms with Crippen molar-refractivity contribution >= 4 is 18.0 Å². The first-order valence-corrected chi connectivity index (χ1v) is 8.67. The minimum absolute atomic E-state index is 0.0250. The Bertz CT molecular complexity index is 673. The van der Waals surface area contributed by atoms with Gasteiger partial charge in [-0.05, 0) is 51.8 Å². The van der Waals surface area contributed by atoms with Gasteiger partial charge in [0.2, 0.25) is 0 Å². The zero-order valence-electron chi connectivity index (χ0n) is 15.7. The topological polar surface area (TPSA) is 84.9 Å². The summed E-state index contributed by atoms with van der Waals surface area (Å²) in [5.41, 5.74) is 0.217. The minimum atomic E-state index is -0.521. The molecule has 0 bridgehead atoms. The lowest BCUT2D eigenvalue weighted by Crippen LogP contribution is -2.47. The van der Waals surface area contributed by atoms with Crippen LogP contribution in [0.15, 0.2) is 24.3 Å². The van der Waals surface area contributed by atoms with Crippen LogP contribution in [-0.4, -0.2) is 54.7 Å². The summed E-state index contributed by atoms with van der Waals surface area (Å²) in [6.07, 6.45) is 0.983. The molecule has 0 atom stereocenters. The maximum absolute atomic E-state index is 12.4. The Hall–Kier alpha value is -2.57. The Morgan fingerprint density at radius 1 is 1.12 bits per heavy atom. The largest absolute Gasteiger partial charge is 0.465 e. The fourth-order valence-electron chi connectivity index (χ4n) is 2.71. The van der Waals surface area contributed by atoms with Gasteiger partial charge in [0.1, 0.15) is 5.60 Å². The molecule has 26 heavy (non-hydrogen) atoms. The van der Waals surface area contributed by atoms with Crippen molar-refractivity contribution in [1.82, 2.24) is 10.2 Å². The van der Waals surface area contributed by atoms with Crippen LogP contribution in [0.25, 0.3) is 0 Å². The fourth-order valence-corrected chi connectivity index (χ4v) is 2.71. The second kappa shape index (κ2) is 8.21. The van der Waals surface area contributed by atoms with Crippen molar-refractivity contribution in [3.05, 3.63) is 35.4 Å². The van der Waals surface area contributed by atoms with Crippen LogP contribution in [-0.2, 0) is 9.47 Å². The third-order valence-corrected chi connectivity index (χ3v) is 4.03. The number of piperidine rings is 1. The first kappa shape index (κ1) is 19.8. The molecule has 7 heteroatoms. The predicted molar refractivity (Wildman–Crippen MR) is 96.1 cm³/mol. The average Bonchev–Trinajstić information content (AvgIpc) is 2.60. The van der Waals surface area contributed by atoms with E-state index >= 15 is 0 Å².